The van der Waals surface area contributed by atoms with Crippen molar-refractivity contribution in [3.63, 3.8) is 0 Å². The molecule has 8 nitrogen and oxygen atoms in total. The Bertz CT molecular complexity index is 856. The first-order valence-electron chi connectivity index (χ1n) is 10.4. The van der Waals surface area contributed by atoms with Gasteiger partial charge in [-0.3, -0.25) is 9.59 Å². The lowest BCUT2D eigenvalue weighted by Crippen LogP contribution is -2.55. The standard InChI is InChI=1S/C21H31N3O5S/c1-29-17-9-7-16(8-10-17)15-20(25)23-12-11-22-21(26)18-5-3-4-6-19(18)24(14-13-23)30(2,27)28/h7-10,18-19H,3-6,11-15H2,1-2H3,(H,22,26). The van der Waals surface area contributed by atoms with Crippen LogP contribution in [-0.4, -0.2) is 75.0 Å². The van der Waals surface area contributed by atoms with Gasteiger partial charge >= 0.3 is 0 Å². The fourth-order valence-corrected chi connectivity index (χ4v) is 5.55. The summed E-state index contributed by atoms with van der Waals surface area (Å²) >= 11 is 0. The third kappa shape index (κ3) is 5.51. The van der Waals surface area contributed by atoms with Gasteiger partial charge in [0.1, 0.15) is 5.75 Å². The number of carbonyl (C=O) groups excluding carboxylic acids is 2. The van der Waals surface area contributed by atoms with Crippen molar-refractivity contribution < 1.29 is 22.7 Å². The molecule has 0 bridgehead atoms. The number of amides is 2. The van der Waals surface area contributed by atoms with E-state index in [4.69, 9.17) is 4.74 Å². The number of nitrogens with zero attached hydrogens (tertiary/aromatic N) is 2. The van der Waals surface area contributed by atoms with E-state index in [0.717, 1.165) is 24.2 Å². The summed E-state index contributed by atoms with van der Waals surface area (Å²) in [5, 5.41) is 2.92. The third-order valence-corrected chi connectivity index (χ3v) is 7.31. The number of hydrogen-bond donors (Lipinski definition) is 1. The molecule has 1 saturated carbocycles. The molecule has 1 heterocycles. The van der Waals surface area contributed by atoms with Crippen LogP contribution in [0, 0.1) is 5.92 Å². The van der Waals surface area contributed by atoms with E-state index in [1.165, 1.54) is 10.6 Å². The quantitative estimate of drug-likeness (QED) is 0.759. The zero-order valence-corrected chi connectivity index (χ0v) is 18.5. The van der Waals surface area contributed by atoms with Crippen LogP contribution in [0.1, 0.15) is 31.2 Å². The number of rotatable bonds is 4. The number of carbonyl (C=O) groups is 2. The van der Waals surface area contributed by atoms with Gasteiger partial charge < -0.3 is 15.0 Å². The molecule has 2 amide bonds. The van der Waals surface area contributed by atoms with E-state index in [1.54, 1.807) is 24.1 Å². The maximum absolute atomic E-state index is 12.9. The van der Waals surface area contributed by atoms with Gasteiger partial charge in [0.15, 0.2) is 0 Å². The molecule has 0 aromatic heterocycles. The fourth-order valence-electron chi connectivity index (χ4n) is 4.39. The molecular formula is C21H31N3O5S. The van der Waals surface area contributed by atoms with E-state index in [2.05, 4.69) is 5.32 Å². The van der Waals surface area contributed by atoms with Gasteiger partial charge in [-0.05, 0) is 30.5 Å². The van der Waals surface area contributed by atoms with E-state index < -0.39 is 10.0 Å². The Hall–Kier alpha value is -2.13. The molecule has 1 N–H and O–H groups in total. The van der Waals surface area contributed by atoms with Crippen molar-refractivity contribution >= 4 is 21.8 Å². The molecule has 30 heavy (non-hydrogen) atoms. The molecule has 3 rings (SSSR count). The number of fused-ring (bicyclic) bond motifs is 1. The van der Waals surface area contributed by atoms with Gasteiger partial charge in [-0.15, -0.1) is 0 Å². The highest BCUT2D eigenvalue weighted by Crippen LogP contribution is 2.30. The van der Waals surface area contributed by atoms with Crippen LogP contribution in [0.25, 0.3) is 0 Å². The summed E-state index contributed by atoms with van der Waals surface area (Å²) < 4.78 is 31.6. The minimum absolute atomic E-state index is 0.0939. The molecule has 0 radical (unpaired) electrons. The zero-order valence-electron chi connectivity index (χ0n) is 17.7. The second-order valence-electron chi connectivity index (χ2n) is 8.03. The van der Waals surface area contributed by atoms with E-state index >= 15 is 0 Å². The number of sulfonamides is 1. The van der Waals surface area contributed by atoms with Gasteiger partial charge in [0.05, 0.1) is 25.7 Å². The summed E-state index contributed by atoms with van der Waals surface area (Å²) in [6, 6.07) is 6.95. The summed E-state index contributed by atoms with van der Waals surface area (Å²) in [6.07, 6.45) is 4.60. The second kappa shape index (κ2) is 9.78. The van der Waals surface area contributed by atoms with E-state index in [9.17, 15) is 18.0 Å². The average Bonchev–Trinajstić information content (AvgIpc) is 2.72. The second-order valence-corrected chi connectivity index (χ2v) is 9.96. The largest absolute Gasteiger partial charge is 0.497 e. The zero-order chi connectivity index (χ0) is 21.7. The average molecular weight is 438 g/mol. The normalized spacial score (nSPS) is 23.9. The van der Waals surface area contributed by atoms with E-state index in [1.807, 2.05) is 12.1 Å². The van der Waals surface area contributed by atoms with Crippen molar-refractivity contribution in [2.45, 2.75) is 38.1 Å². The van der Waals surface area contributed by atoms with Crippen LogP contribution in [0.2, 0.25) is 0 Å². The molecule has 9 heteroatoms. The first-order valence-corrected chi connectivity index (χ1v) is 12.3. The molecule has 2 aliphatic rings. The molecule has 2 atom stereocenters. The van der Waals surface area contributed by atoms with E-state index in [-0.39, 0.29) is 36.7 Å². The molecule has 0 spiro atoms. The number of methoxy groups -OCH3 is 1. The summed E-state index contributed by atoms with van der Waals surface area (Å²) in [4.78, 5) is 27.3. The lowest BCUT2D eigenvalue weighted by Gasteiger charge is -2.39. The molecular weight excluding hydrogens is 406 g/mol. The Morgan fingerprint density at radius 2 is 1.83 bits per heavy atom. The maximum Gasteiger partial charge on any atom is 0.227 e. The molecule has 1 aliphatic carbocycles. The predicted molar refractivity (Wildman–Crippen MR) is 114 cm³/mol. The van der Waals surface area contributed by atoms with Crippen LogP contribution >= 0.6 is 0 Å². The van der Waals surface area contributed by atoms with Crippen molar-refractivity contribution in [2.24, 2.45) is 5.92 Å². The Balaban J connectivity index is 1.76. The lowest BCUT2D eigenvalue weighted by molar-refractivity contribution is -0.133. The summed E-state index contributed by atoms with van der Waals surface area (Å²) in [6.45, 7) is 1.24. The van der Waals surface area contributed by atoms with Gasteiger partial charge in [0.2, 0.25) is 21.8 Å². The molecule has 166 valence electrons. The van der Waals surface area contributed by atoms with Crippen LogP contribution in [0.5, 0.6) is 5.75 Å². The van der Waals surface area contributed by atoms with Crippen LogP contribution in [-0.2, 0) is 26.0 Å². The monoisotopic (exact) mass is 437 g/mol. The molecule has 2 fully saturated rings. The number of nitrogens with one attached hydrogen (secondary N) is 1. The Labute approximate surface area is 178 Å². The van der Waals surface area contributed by atoms with Crippen molar-refractivity contribution in [3.05, 3.63) is 29.8 Å². The number of hydrogen-bond acceptors (Lipinski definition) is 5. The predicted octanol–water partition coefficient (Wildman–Crippen LogP) is 1.02. The third-order valence-electron chi connectivity index (χ3n) is 6.00. The number of benzene rings is 1. The van der Waals surface area contributed by atoms with Crippen LogP contribution in [0.4, 0.5) is 0 Å². The van der Waals surface area contributed by atoms with Gasteiger partial charge in [-0.25, -0.2) is 8.42 Å². The minimum atomic E-state index is -3.50. The smallest absolute Gasteiger partial charge is 0.227 e. The van der Waals surface area contributed by atoms with Gasteiger partial charge in [0.25, 0.3) is 0 Å². The summed E-state index contributed by atoms with van der Waals surface area (Å²) in [5.41, 5.74) is 0.856. The summed E-state index contributed by atoms with van der Waals surface area (Å²) in [7, 11) is -1.91. The molecule has 1 aromatic rings. The SMILES string of the molecule is COc1ccc(CC(=O)N2CCNC(=O)C3CCCCC3N(S(C)(=O)=O)CC2)cc1. The molecule has 1 saturated heterocycles. The Morgan fingerprint density at radius 1 is 1.13 bits per heavy atom. The molecule has 2 unspecified atom stereocenters. The van der Waals surface area contributed by atoms with Crippen LogP contribution in [0.15, 0.2) is 24.3 Å². The first-order chi connectivity index (χ1) is 14.3. The lowest BCUT2D eigenvalue weighted by atomic mass is 9.83. The van der Waals surface area contributed by atoms with Gasteiger partial charge in [-0.2, -0.15) is 4.31 Å². The van der Waals surface area contributed by atoms with E-state index in [0.29, 0.717) is 32.5 Å². The van der Waals surface area contributed by atoms with Crippen molar-refractivity contribution in [2.75, 3.05) is 39.5 Å². The molecule has 1 aliphatic heterocycles. The number of ether oxygens (including phenoxy) is 1. The minimum Gasteiger partial charge on any atom is -0.497 e. The van der Waals surface area contributed by atoms with Gasteiger partial charge in [-0.1, -0.05) is 25.0 Å². The first kappa shape index (κ1) is 22.6. The highest BCUT2D eigenvalue weighted by Gasteiger charge is 2.39. The van der Waals surface area contributed by atoms with Gasteiger partial charge in [0, 0.05) is 32.2 Å². The van der Waals surface area contributed by atoms with Crippen molar-refractivity contribution in [3.8, 4) is 5.75 Å². The topological polar surface area (TPSA) is 96.0 Å². The summed E-state index contributed by atoms with van der Waals surface area (Å²) in [5.74, 6) is 0.190. The van der Waals surface area contributed by atoms with Crippen molar-refractivity contribution in [1.29, 1.82) is 0 Å². The molecule has 1 aromatic carbocycles. The Morgan fingerprint density at radius 3 is 2.50 bits per heavy atom. The van der Waals surface area contributed by atoms with Crippen molar-refractivity contribution in [1.82, 2.24) is 14.5 Å². The Kier molecular flexibility index (Phi) is 7.36. The fraction of sp³-hybridized carbons (Fsp3) is 0.619. The van der Waals surface area contributed by atoms with Crippen LogP contribution in [0.3, 0.4) is 0 Å². The van der Waals surface area contributed by atoms with Crippen LogP contribution < -0.4 is 10.1 Å². The highest BCUT2D eigenvalue weighted by atomic mass is 32.2. The highest BCUT2D eigenvalue weighted by molar-refractivity contribution is 7.88. The maximum atomic E-state index is 12.9.